The molecular formula is C15H17N3S2. The van der Waals surface area contributed by atoms with Gasteiger partial charge < -0.3 is 4.98 Å². The van der Waals surface area contributed by atoms with Gasteiger partial charge in [-0.1, -0.05) is 24.8 Å². The molecule has 0 aliphatic heterocycles. The van der Waals surface area contributed by atoms with Gasteiger partial charge in [-0.05, 0) is 37.5 Å². The molecule has 1 N–H and O–H groups in total. The maximum atomic E-state index is 4.64. The lowest BCUT2D eigenvalue weighted by Crippen LogP contribution is -1.85. The fraction of sp³-hybridized carbons (Fsp3) is 0.333. The Bertz CT molecular complexity index is 715. The first-order chi connectivity index (χ1) is 9.74. The summed E-state index contributed by atoms with van der Waals surface area (Å²) in [6, 6.07) is 6.29. The third kappa shape index (κ3) is 3.04. The Morgan fingerprint density at radius 1 is 1.30 bits per heavy atom. The first-order valence-electron chi connectivity index (χ1n) is 6.77. The molecule has 2 heterocycles. The highest BCUT2D eigenvalue weighted by atomic mass is 32.2. The summed E-state index contributed by atoms with van der Waals surface area (Å²) < 4.78 is 0. The van der Waals surface area contributed by atoms with Crippen molar-refractivity contribution in [3.63, 3.8) is 0 Å². The van der Waals surface area contributed by atoms with Gasteiger partial charge in [0.1, 0.15) is 0 Å². The van der Waals surface area contributed by atoms with E-state index in [4.69, 9.17) is 0 Å². The van der Waals surface area contributed by atoms with Crippen LogP contribution in [0.25, 0.3) is 11.0 Å². The molecule has 0 bridgehead atoms. The van der Waals surface area contributed by atoms with E-state index in [0.29, 0.717) is 0 Å². The molecule has 104 valence electrons. The van der Waals surface area contributed by atoms with Crippen LogP contribution in [-0.4, -0.2) is 15.0 Å². The van der Waals surface area contributed by atoms with Gasteiger partial charge in [0, 0.05) is 11.1 Å². The molecule has 0 saturated carbocycles. The van der Waals surface area contributed by atoms with Crippen LogP contribution in [-0.2, 0) is 12.2 Å². The number of H-pyrrole nitrogens is 1. The molecule has 20 heavy (non-hydrogen) atoms. The summed E-state index contributed by atoms with van der Waals surface area (Å²) in [6.07, 6.45) is 2.24. The minimum Gasteiger partial charge on any atom is -0.333 e. The van der Waals surface area contributed by atoms with Gasteiger partial charge in [-0.2, -0.15) is 0 Å². The monoisotopic (exact) mass is 303 g/mol. The second kappa shape index (κ2) is 5.97. The van der Waals surface area contributed by atoms with E-state index in [-0.39, 0.29) is 0 Å². The molecule has 0 aliphatic carbocycles. The highest BCUT2D eigenvalue weighted by molar-refractivity contribution is 7.98. The van der Waals surface area contributed by atoms with Crippen LogP contribution in [0.5, 0.6) is 0 Å². The zero-order valence-electron chi connectivity index (χ0n) is 11.6. The van der Waals surface area contributed by atoms with Crippen LogP contribution in [0.1, 0.15) is 29.6 Å². The molecule has 0 spiro atoms. The number of hydrogen-bond acceptors (Lipinski definition) is 4. The van der Waals surface area contributed by atoms with Gasteiger partial charge in [-0.3, -0.25) is 0 Å². The fourth-order valence-corrected chi connectivity index (χ4v) is 3.84. The van der Waals surface area contributed by atoms with Crippen molar-refractivity contribution in [3.05, 3.63) is 39.8 Å². The molecule has 0 fully saturated rings. The molecule has 3 aromatic rings. The van der Waals surface area contributed by atoms with Crippen molar-refractivity contribution in [2.75, 3.05) is 0 Å². The van der Waals surface area contributed by atoms with Crippen LogP contribution < -0.4 is 0 Å². The molecule has 0 aliphatic rings. The maximum absolute atomic E-state index is 4.64. The maximum Gasteiger partial charge on any atom is 0.166 e. The minimum absolute atomic E-state index is 0.874. The molecule has 0 amide bonds. The second-order valence-corrected chi connectivity index (χ2v) is 6.74. The summed E-state index contributed by atoms with van der Waals surface area (Å²) in [5, 5.41) is 4.36. The van der Waals surface area contributed by atoms with Gasteiger partial charge in [0.05, 0.1) is 21.7 Å². The Kier molecular flexibility index (Phi) is 4.08. The number of aromatic nitrogens is 3. The Hall–Kier alpha value is -1.33. The first-order valence-corrected chi connectivity index (χ1v) is 8.63. The van der Waals surface area contributed by atoms with E-state index in [0.717, 1.165) is 40.5 Å². The average molecular weight is 303 g/mol. The Morgan fingerprint density at radius 2 is 2.20 bits per heavy atom. The zero-order valence-corrected chi connectivity index (χ0v) is 13.3. The molecule has 3 rings (SSSR count). The number of aromatic amines is 1. The molecular weight excluding hydrogens is 286 g/mol. The van der Waals surface area contributed by atoms with Crippen molar-refractivity contribution in [1.82, 2.24) is 15.0 Å². The third-order valence-corrected chi connectivity index (χ3v) is 4.90. The quantitative estimate of drug-likeness (QED) is 0.702. The molecule has 0 radical (unpaired) electrons. The van der Waals surface area contributed by atoms with Crippen molar-refractivity contribution >= 4 is 34.1 Å². The zero-order chi connectivity index (χ0) is 13.9. The molecule has 2 aromatic heterocycles. The minimum atomic E-state index is 0.874. The fourth-order valence-electron chi connectivity index (χ4n) is 2.05. The molecule has 0 saturated heterocycles. The third-order valence-electron chi connectivity index (χ3n) is 3.04. The second-order valence-electron chi connectivity index (χ2n) is 4.83. The van der Waals surface area contributed by atoms with Gasteiger partial charge in [0.15, 0.2) is 5.16 Å². The summed E-state index contributed by atoms with van der Waals surface area (Å²) in [7, 11) is 0. The lowest BCUT2D eigenvalue weighted by Gasteiger charge is -1.93. The number of benzene rings is 1. The van der Waals surface area contributed by atoms with Crippen LogP contribution in [0.2, 0.25) is 0 Å². The number of fused-ring (bicyclic) bond motifs is 1. The number of rotatable bonds is 5. The largest absolute Gasteiger partial charge is 0.333 e. The van der Waals surface area contributed by atoms with Crippen molar-refractivity contribution in [2.24, 2.45) is 0 Å². The Morgan fingerprint density at radius 3 is 3.05 bits per heavy atom. The summed E-state index contributed by atoms with van der Waals surface area (Å²) in [4.78, 5) is 12.6. The highest BCUT2D eigenvalue weighted by Crippen LogP contribution is 2.24. The van der Waals surface area contributed by atoms with Crippen molar-refractivity contribution in [1.29, 1.82) is 0 Å². The van der Waals surface area contributed by atoms with E-state index < -0.39 is 0 Å². The van der Waals surface area contributed by atoms with Crippen molar-refractivity contribution in [2.45, 2.75) is 37.6 Å². The Labute approximate surface area is 126 Å². The number of hydrogen-bond donors (Lipinski definition) is 1. The van der Waals surface area contributed by atoms with Crippen LogP contribution >= 0.6 is 23.1 Å². The summed E-state index contributed by atoms with van der Waals surface area (Å²) >= 11 is 3.48. The molecule has 0 atom stereocenters. The summed E-state index contributed by atoms with van der Waals surface area (Å²) in [5.74, 6) is 0.874. The van der Waals surface area contributed by atoms with E-state index in [9.17, 15) is 0 Å². The number of thioether (sulfide) groups is 1. The van der Waals surface area contributed by atoms with E-state index in [2.05, 4.69) is 52.4 Å². The molecule has 1 aromatic carbocycles. The average Bonchev–Trinajstić information content (AvgIpc) is 3.02. The van der Waals surface area contributed by atoms with Gasteiger partial charge in [0.2, 0.25) is 0 Å². The summed E-state index contributed by atoms with van der Waals surface area (Å²) in [5.41, 5.74) is 4.54. The van der Waals surface area contributed by atoms with E-state index in [1.807, 2.05) is 0 Å². The van der Waals surface area contributed by atoms with E-state index in [1.54, 1.807) is 23.1 Å². The number of nitrogens with zero attached hydrogens (tertiary/aromatic N) is 2. The Balaban J connectivity index is 1.69. The topological polar surface area (TPSA) is 41.6 Å². The molecule has 3 nitrogen and oxygen atoms in total. The van der Waals surface area contributed by atoms with Crippen LogP contribution in [0.4, 0.5) is 0 Å². The van der Waals surface area contributed by atoms with Gasteiger partial charge in [0.25, 0.3) is 0 Å². The van der Waals surface area contributed by atoms with Crippen LogP contribution in [0.3, 0.4) is 0 Å². The van der Waals surface area contributed by atoms with Crippen molar-refractivity contribution < 1.29 is 0 Å². The SMILES string of the molecule is CCCc1nc(CSc2nc3ccc(C)cc3[nH]2)cs1. The normalized spacial score (nSPS) is 11.3. The van der Waals surface area contributed by atoms with Gasteiger partial charge in [-0.15, -0.1) is 11.3 Å². The van der Waals surface area contributed by atoms with Crippen LogP contribution in [0.15, 0.2) is 28.7 Å². The van der Waals surface area contributed by atoms with Gasteiger partial charge in [-0.25, -0.2) is 9.97 Å². The predicted molar refractivity (Wildman–Crippen MR) is 86.5 cm³/mol. The van der Waals surface area contributed by atoms with E-state index in [1.165, 1.54) is 10.6 Å². The molecule has 0 unspecified atom stereocenters. The standard InChI is InChI=1S/C15H17N3S2/c1-3-4-14-16-11(8-19-14)9-20-15-17-12-6-5-10(2)7-13(12)18-15/h5-8H,3-4,9H2,1-2H3,(H,17,18). The molecule has 5 heteroatoms. The number of nitrogens with one attached hydrogen (secondary N) is 1. The highest BCUT2D eigenvalue weighted by Gasteiger charge is 2.06. The van der Waals surface area contributed by atoms with Crippen LogP contribution in [0, 0.1) is 6.92 Å². The van der Waals surface area contributed by atoms with E-state index >= 15 is 0 Å². The van der Waals surface area contributed by atoms with Crippen molar-refractivity contribution in [3.8, 4) is 0 Å². The first kappa shape index (κ1) is 13.6. The number of imidazole rings is 1. The lowest BCUT2D eigenvalue weighted by molar-refractivity contribution is 0.902. The smallest absolute Gasteiger partial charge is 0.166 e. The van der Waals surface area contributed by atoms with Gasteiger partial charge >= 0.3 is 0 Å². The lowest BCUT2D eigenvalue weighted by atomic mass is 10.2. The summed E-state index contributed by atoms with van der Waals surface area (Å²) in [6.45, 7) is 4.28. The number of thiazole rings is 1. The number of aryl methyl sites for hydroxylation is 2. The predicted octanol–water partition coefficient (Wildman–Crippen LogP) is 4.57.